The van der Waals surface area contributed by atoms with Crippen LogP contribution >= 0.6 is 0 Å². The Hall–Kier alpha value is -1.03. The second-order valence-electron chi connectivity index (χ2n) is 4.62. The first-order valence-corrected chi connectivity index (χ1v) is 7.36. The molecule has 0 radical (unpaired) electrons. The van der Waals surface area contributed by atoms with Crippen LogP contribution in [-0.4, -0.2) is 19.9 Å². The van der Waals surface area contributed by atoms with Gasteiger partial charge in [-0.3, -0.25) is 0 Å². The van der Waals surface area contributed by atoms with Crippen LogP contribution in [0, 0.1) is 5.92 Å². The van der Waals surface area contributed by atoms with Gasteiger partial charge in [-0.15, -0.1) is 0 Å². The van der Waals surface area contributed by atoms with Crippen LogP contribution in [0.15, 0.2) is 24.3 Å². The maximum Gasteiger partial charge on any atom is 0.150 e. The Labute approximate surface area is 96.6 Å². The zero-order chi connectivity index (χ0) is 11.8. The summed E-state index contributed by atoms with van der Waals surface area (Å²) in [5.74, 6) is 1.17. The van der Waals surface area contributed by atoms with Crippen molar-refractivity contribution in [3.63, 3.8) is 0 Å². The molecule has 3 nitrogen and oxygen atoms in total. The number of hydrogen-bond acceptors (Lipinski definition) is 3. The van der Waals surface area contributed by atoms with Gasteiger partial charge < -0.3 is 5.73 Å². The first-order chi connectivity index (χ1) is 7.48. The lowest BCUT2D eigenvalue weighted by Gasteiger charge is -2.18. The van der Waals surface area contributed by atoms with E-state index in [2.05, 4.69) is 6.92 Å². The number of rotatable bonds is 2. The lowest BCUT2D eigenvalue weighted by molar-refractivity contribution is 0.498. The van der Waals surface area contributed by atoms with Crippen molar-refractivity contribution in [2.24, 2.45) is 5.92 Å². The molecule has 1 aromatic rings. The van der Waals surface area contributed by atoms with E-state index in [1.807, 2.05) is 24.3 Å². The van der Waals surface area contributed by atoms with E-state index in [1.54, 1.807) is 0 Å². The Balaban J connectivity index is 2.17. The predicted molar refractivity (Wildman–Crippen MR) is 66.0 cm³/mol. The van der Waals surface area contributed by atoms with Crippen LogP contribution in [0.5, 0.6) is 0 Å². The molecule has 0 amide bonds. The van der Waals surface area contributed by atoms with E-state index in [0.717, 1.165) is 17.7 Å². The summed E-state index contributed by atoms with van der Waals surface area (Å²) >= 11 is 0. The Bertz CT molecular complexity index is 482. The first kappa shape index (κ1) is 11.5. The van der Waals surface area contributed by atoms with Gasteiger partial charge in [0.2, 0.25) is 0 Å². The van der Waals surface area contributed by atoms with Crippen molar-refractivity contribution in [3.05, 3.63) is 29.8 Å². The average Bonchev–Trinajstić information content (AvgIpc) is 2.58. The molecule has 2 unspecified atom stereocenters. The average molecular weight is 239 g/mol. The largest absolute Gasteiger partial charge is 0.399 e. The van der Waals surface area contributed by atoms with Gasteiger partial charge in [-0.25, -0.2) is 8.42 Å². The number of sulfone groups is 1. The van der Waals surface area contributed by atoms with Crippen molar-refractivity contribution in [1.29, 1.82) is 0 Å². The third-order valence-corrected chi connectivity index (χ3v) is 5.20. The fourth-order valence-electron chi connectivity index (χ4n) is 2.33. The van der Waals surface area contributed by atoms with Gasteiger partial charge in [0.05, 0.1) is 11.5 Å². The summed E-state index contributed by atoms with van der Waals surface area (Å²) in [7, 11) is -2.79. The molecule has 4 heteroatoms. The van der Waals surface area contributed by atoms with Gasteiger partial charge in [0.25, 0.3) is 0 Å². The number of hydrogen-bond donors (Lipinski definition) is 1. The highest BCUT2D eigenvalue weighted by atomic mass is 32.2. The van der Waals surface area contributed by atoms with E-state index < -0.39 is 9.84 Å². The number of anilines is 1. The van der Waals surface area contributed by atoms with Crippen LogP contribution in [0.2, 0.25) is 0 Å². The Morgan fingerprint density at radius 1 is 1.44 bits per heavy atom. The summed E-state index contributed by atoms with van der Waals surface area (Å²) in [6.45, 7) is 2.08. The van der Waals surface area contributed by atoms with Crippen molar-refractivity contribution in [2.45, 2.75) is 19.3 Å². The molecule has 0 aliphatic carbocycles. The SMILES string of the molecule is CC(c1cccc(N)c1)C1CCS(=O)(=O)C1. The standard InChI is InChI=1S/C12H17NO2S/c1-9(10-3-2-4-12(13)7-10)11-5-6-16(14,15)8-11/h2-4,7,9,11H,5-6,8,13H2,1H3. The minimum Gasteiger partial charge on any atom is -0.399 e. The third-order valence-electron chi connectivity index (χ3n) is 3.41. The summed E-state index contributed by atoms with van der Waals surface area (Å²) in [4.78, 5) is 0. The summed E-state index contributed by atoms with van der Waals surface area (Å²) in [5.41, 5.74) is 7.61. The number of nitrogens with two attached hydrogens (primary N) is 1. The molecule has 0 spiro atoms. The highest BCUT2D eigenvalue weighted by Gasteiger charge is 2.32. The maximum absolute atomic E-state index is 11.4. The van der Waals surface area contributed by atoms with Gasteiger partial charge in [0, 0.05) is 5.69 Å². The molecule has 1 aromatic carbocycles. The van der Waals surface area contributed by atoms with Gasteiger partial charge in [0.15, 0.2) is 9.84 Å². The molecular weight excluding hydrogens is 222 g/mol. The topological polar surface area (TPSA) is 60.2 Å². The summed E-state index contributed by atoms with van der Waals surface area (Å²) in [6, 6.07) is 7.73. The second kappa shape index (κ2) is 4.09. The highest BCUT2D eigenvalue weighted by molar-refractivity contribution is 7.91. The normalized spacial score (nSPS) is 25.4. The van der Waals surface area contributed by atoms with Crippen LogP contribution in [-0.2, 0) is 9.84 Å². The van der Waals surface area contributed by atoms with Gasteiger partial charge in [-0.1, -0.05) is 19.1 Å². The molecule has 1 heterocycles. The van der Waals surface area contributed by atoms with Gasteiger partial charge >= 0.3 is 0 Å². The van der Waals surface area contributed by atoms with E-state index in [1.165, 1.54) is 0 Å². The van der Waals surface area contributed by atoms with E-state index >= 15 is 0 Å². The van der Waals surface area contributed by atoms with Crippen LogP contribution < -0.4 is 5.73 Å². The fraction of sp³-hybridized carbons (Fsp3) is 0.500. The van der Waals surface area contributed by atoms with Crippen molar-refractivity contribution in [1.82, 2.24) is 0 Å². The van der Waals surface area contributed by atoms with E-state index in [-0.39, 0.29) is 11.8 Å². The van der Waals surface area contributed by atoms with Crippen molar-refractivity contribution >= 4 is 15.5 Å². The maximum atomic E-state index is 11.4. The van der Waals surface area contributed by atoms with Gasteiger partial charge in [-0.05, 0) is 36.0 Å². The Morgan fingerprint density at radius 3 is 2.75 bits per heavy atom. The van der Waals surface area contributed by atoms with Crippen molar-refractivity contribution in [3.8, 4) is 0 Å². The smallest absolute Gasteiger partial charge is 0.150 e. The minimum atomic E-state index is -2.79. The molecule has 1 fully saturated rings. The molecule has 0 bridgehead atoms. The number of nitrogen functional groups attached to an aromatic ring is 1. The summed E-state index contributed by atoms with van der Waals surface area (Å²) < 4.78 is 22.8. The highest BCUT2D eigenvalue weighted by Crippen LogP contribution is 2.33. The number of benzene rings is 1. The lowest BCUT2D eigenvalue weighted by Crippen LogP contribution is -2.12. The lowest BCUT2D eigenvalue weighted by atomic mass is 9.87. The molecule has 16 heavy (non-hydrogen) atoms. The third kappa shape index (κ3) is 2.38. The van der Waals surface area contributed by atoms with Crippen LogP contribution in [0.3, 0.4) is 0 Å². The summed E-state index contributed by atoms with van der Waals surface area (Å²) in [5, 5.41) is 0. The quantitative estimate of drug-likeness (QED) is 0.801. The molecule has 0 saturated carbocycles. The molecule has 2 atom stereocenters. The van der Waals surface area contributed by atoms with E-state index in [9.17, 15) is 8.42 Å². The zero-order valence-electron chi connectivity index (χ0n) is 9.39. The predicted octanol–water partition coefficient (Wildman–Crippen LogP) is 1.81. The molecular formula is C12H17NO2S. The second-order valence-corrected chi connectivity index (χ2v) is 6.85. The molecule has 2 rings (SSSR count). The Morgan fingerprint density at radius 2 is 2.19 bits per heavy atom. The van der Waals surface area contributed by atoms with Crippen molar-refractivity contribution < 1.29 is 8.42 Å². The molecule has 1 aliphatic heterocycles. The first-order valence-electron chi connectivity index (χ1n) is 5.54. The molecule has 1 aliphatic rings. The van der Waals surface area contributed by atoms with Crippen LogP contribution in [0.1, 0.15) is 24.8 Å². The Kier molecular flexibility index (Phi) is 2.93. The monoisotopic (exact) mass is 239 g/mol. The fourth-order valence-corrected chi connectivity index (χ4v) is 4.27. The summed E-state index contributed by atoms with van der Waals surface area (Å²) in [6.07, 6.45) is 0.776. The van der Waals surface area contributed by atoms with Crippen molar-refractivity contribution in [2.75, 3.05) is 17.2 Å². The minimum absolute atomic E-state index is 0.242. The van der Waals surface area contributed by atoms with Crippen LogP contribution in [0.25, 0.3) is 0 Å². The molecule has 1 saturated heterocycles. The molecule has 88 valence electrons. The zero-order valence-corrected chi connectivity index (χ0v) is 10.2. The molecule has 0 aromatic heterocycles. The van der Waals surface area contributed by atoms with Gasteiger partial charge in [0.1, 0.15) is 0 Å². The van der Waals surface area contributed by atoms with E-state index in [0.29, 0.717) is 11.5 Å². The van der Waals surface area contributed by atoms with E-state index in [4.69, 9.17) is 5.73 Å². The van der Waals surface area contributed by atoms with Gasteiger partial charge in [-0.2, -0.15) is 0 Å². The van der Waals surface area contributed by atoms with Crippen LogP contribution in [0.4, 0.5) is 5.69 Å². The molecule has 2 N–H and O–H groups in total.